The normalized spacial score (nSPS) is 13.2. The van der Waals surface area contributed by atoms with Crippen LogP contribution < -0.4 is 11.1 Å². The van der Waals surface area contributed by atoms with E-state index in [0.29, 0.717) is 0 Å². The minimum atomic E-state index is -5.08. The summed E-state index contributed by atoms with van der Waals surface area (Å²) >= 11 is 0. The van der Waals surface area contributed by atoms with E-state index >= 15 is 0 Å². The lowest BCUT2D eigenvalue weighted by Crippen LogP contribution is -2.46. The number of fused-ring (bicyclic) bond motifs is 3. The summed E-state index contributed by atoms with van der Waals surface area (Å²) in [5.74, 6) is -4.01. The van der Waals surface area contributed by atoms with Crippen LogP contribution in [0.5, 0.6) is 0 Å². The molecule has 166 valence electrons. The van der Waals surface area contributed by atoms with Crippen molar-refractivity contribution >= 4 is 18.0 Å². The number of nitrogens with two attached hydrogens (primary N) is 1. The average Bonchev–Trinajstić information content (AvgIpc) is 3.04. The summed E-state index contributed by atoms with van der Waals surface area (Å²) in [4.78, 5) is 31.6. The van der Waals surface area contributed by atoms with Crippen LogP contribution in [0.4, 0.5) is 18.0 Å². The number of nitrogens with one attached hydrogen (secondary N) is 1. The molecule has 1 amide bonds. The van der Waals surface area contributed by atoms with Crippen molar-refractivity contribution in [3.63, 3.8) is 0 Å². The number of ether oxygens (including phenoxy) is 1. The SMILES string of the molecule is NC[C@H](NC(=O)OCC1c2ccccc2-c2ccccc21)C(=O)O.O=C(O)C(F)(F)F. The van der Waals surface area contributed by atoms with Crippen LogP contribution in [-0.4, -0.2) is 53.6 Å². The summed E-state index contributed by atoms with van der Waals surface area (Å²) < 4.78 is 37.0. The average molecular weight is 440 g/mol. The second kappa shape index (κ2) is 9.94. The molecule has 0 unspecified atom stereocenters. The van der Waals surface area contributed by atoms with Crippen LogP contribution in [0.3, 0.4) is 0 Å². The van der Waals surface area contributed by atoms with Gasteiger partial charge in [-0.2, -0.15) is 13.2 Å². The molecule has 2 aromatic rings. The summed E-state index contributed by atoms with van der Waals surface area (Å²) in [6.07, 6.45) is -5.87. The van der Waals surface area contributed by atoms with E-state index in [1.807, 2.05) is 48.5 Å². The number of hydrogen-bond acceptors (Lipinski definition) is 5. The number of rotatable bonds is 5. The van der Waals surface area contributed by atoms with Crippen LogP contribution in [0.1, 0.15) is 17.0 Å². The standard InChI is InChI=1S/C18H18N2O4.C2HF3O2/c19-9-16(17(21)22)20-18(23)24-10-15-13-7-3-1-5-11(13)12-6-2-4-8-14(12)15;3-2(4,5)1(6)7/h1-8,15-16H,9-10,19H2,(H,20,23)(H,21,22);(H,6,7)/t16-;/m0./s1. The van der Waals surface area contributed by atoms with E-state index in [4.69, 9.17) is 25.5 Å². The summed E-state index contributed by atoms with van der Waals surface area (Å²) in [7, 11) is 0. The largest absolute Gasteiger partial charge is 0.490 e. The van der Waals surface area contributed by atoms with E-state index in [9.17, 15) is 22.8 Å². The number of halogens is 3. The molecular weight excluding hydrogens is 421 g/mol. The van der Waals surface area contributed by atoms with Crippen molar-refractivity contribution in [3.05, 3.63) is 59.7 Å². The second-order valence-corrected chi connectivity index (χ2v) is 6.40. The Kier molecular flexibility index (Phi) is 7.59. The Morgan fingerprint density at radius 2 is 1.45 bits per heavy atom. The van der Waals surface area contributed by atoms with E-state index in [2.05, 4.69) is 5.32 Å². The van der Waals surface area contributed by atoms with Gasteiger partial charge in [-0.3, -0.25) is 0 Å². The van der Waals surface area contributed by atoms with Crippen LogP contribution in [0.15, 0.2) is 48.5 Å². The molecule has 0 fully saturated rings. The maximum Gasteiger partial charge on any atom is 0.490 e. The van der Waals surface area contributed by atoms with E-state index in [0.717, 1.165) is 22.3 Å². The molecule has 5 N–H and O–H groups in total. The third kappa shape index (κ3) is 5.95. The number of amides is 1. The van der Waals surface area contributed by atoms with Crippen LogP contribution in [0, 0.1) is 0 Å². The molecule has 0 bridgehead atoms. The van der Waals surface area contributed by atoms with E-state index in [1.165, 1.54) is 0 Å². The van der Waals surface area contributed by atoms with Gasteiger partial charge in [-0.15, -0.1) is 0 Å². The van der Waals surface area contributed by atoms with Crippen LogP contribution in [-0.2, 0) is 14.3 Å². The number of alkyl carbamates (subject to hydrolysis) is 1. The van der Waals surface area contributed by atoms with Gasteiger partial charge in [0.2, 0.25) is 0 Å². The van der Waals surface area contributed by atoms with Crippen LogP contribution in [0.2, 0.25) is 0 Å². The van der Waals surface area contributed by atoms with Crippen molar-refractivity contribution in [3.8, 4) is 11.1 Å². The molecule has 11 heteroatoms. The van der Waals surface area contributed by atoms with Crippen LogP contribution >= 0.6 is 0 Å². The van der Waals surface area contributed by atoms with Gasteiger partial charge in [0, 0.05) is 12.5 Å². The zero-order valence-corrected chi connectivity index (χ0v) is 15.9. The molecule has 0 spiro atoms. The summed E-state index contributed by atoms with van der Waals surface area (Å²) in [5.41, 5.74) is 9.77. The number of hydrogen-bond donors (Lipinski definition) is 4. The summed E-state index contributed by atoms with van der Waals surface area (Å²) in [6, 6.07) is 14.8. The molecule has 0 heterocycles. The predicted octanol–water partition coefficient (Wildman–Crippen LogP) is 2.57. The monoisotopic (exact) mass is 440 g/mol. The lowest BCUT2D eigenvalue weighted by molar-refractivity contribution is -0.192. The lowest BCUT2D eigenvalue weighted by Gasteiger charge is -2.16. The molecule has 1 aliphatic rings. The highest BCUT2D eigenvalue weighted by molar-refractivity contribution is 5.81. The Hall–Kier alpha value is -3.60. The number of carboxylic acids is 2. The van der Waals surface area contributed by atoms with Crippen molar-refractivity contribution in [2.75, 3.05) is 13.2 Å². The van der Waals surface area contributed by atoms with Crippen molar-refractivity contribution in [2.45, 2.75) is 18.1 Å². The fraction of sp³-hybridized carbons (Fsp3) is 0.250. The first-order chi connectivity index (χ1) is 14.6. The summed E-state index contributed by atoms with van der Waals surface area (Å²) in [5, 5.41) is 18.3. The first kappa shape index (κ1) is 23.7. The molecule has 3 rings (SSSR count). The Balaban J connectivity index is 0.000000423. The van der Waals surface area contributed by atoms with Crippen molar-refractivity contribution in [1.29, 1.82) is 0 Å². The fourth-order valence-electron chi connectivity index (χ4n) is 3.00. The molecular formula is C20H19F3N2O6. The zero-order valence-electron chi connectivity index (χ0n) is 15.9. The third-order valence-electron chi connectivity index (χ3n) is 4.41. The summed E-state index contributed by atoms with van der Waals surface area (Å²) in [6.45, 7) is -0.0592. The van der Waals surface area contributed by atoms with Crippen molar-refractivity contribution < 1.29 is 42.5 Å². The minimum absolute atomic E-state index is 0.0655. The fourth-order valence-corrected chi connectivity index (χ4v) is 3.00. The second-order valence-electron chi connectivity index (χ2n) is 6.40. The molecule has 31 heavy (non-hydrogen) atoms. The molecule has 2 aromatic carbocycles. The Labute approximate surface area is 174 Å². The van der Waals surface area contributed by atoms with Gasteiger partial charge in [0.05, 0.1) is 0 Å². The molecule has 1 atom stereocenters. The quantitative estimate of drug-likeness (QED) is 0.560. The highest BCUT2D eigenvalue weighted by Crippen LogP contribution is 2.44. The highest BCUT2D eigenvalue weighted by Gasteiger charge is 2.38. The minimum Gasteiger partial charge on any atom is -0.480 e. The van der Waals surface area contributed by atoms with Gasteiger partial charge in [0.1, 0.15) is 12.6 Å². The Bertz CT molecular complexity index is 918. The number of carbonyl (C=O) groups excluding carboxylic acids is 1. The highest BCUT2D eigenvalue weighted by atomic mass is 19.4. The molecule has 0 aliphatic heterocycles. The van der Waals surface area contributed by atoms with Crippen molar-refractivity contribution in [2.24, 2.45) is 5.73 Å². The Morgan fingerprint density at radius 3 is 1.84 bits per heavy atom. The maximum absolute atomic E-state index is 11.8. The Morgan fingerprint density at radius 1 is 1.00 bits per heavy atom. The van der Waals surface area contributed by atoms with Gasteiger partial charge in [0.25, 0.3) is 0 Å². The number of aliphatic carboxylic acids is 2. The molecule has 0 saturated heterocycles. The van der Waals surface area contributed by atoms with Gasteiger partial charge in [-0.05, 0) is 22.3 Å². The topological polar surface area (TPSA) is 139 Å². The van der Waals surface area contributed by atoms with E-state index < -0.39 is 30.2 Å². The number of benzene rings is 2. The van der Waals surface area contributed by atoms with Gasteiger partial charge in [-0.1, -0.05) is 48.5 Å². The van der Waals surface area contributed by atoms with Gasteiger partial charge in [0.15, 0.2) is 0 Å². The lowest BCUT2D eigenvalue weighted by atomic mass is 9.98. The molecule has 0 saturated carbocycles. The zero-order chi connectivity index (χ0) is 23.2. The smallest absolute Gasteiger partial charge is 0.480 e. The molecule has 0 radical (unpaired) electrons. The predicted molar refractivity (Wildman–Crippen MR) is 102 cm³/mol. The number of alkyl halides is 3. The van der Waals surface area contributed by atoms with E-state index in [-0.39, 0.29) is 19.1 Å². The van der Waals surface area contributed by atoms with E-state index in [1.54, 1.807) is 0 Å². The molecule has 8 nitrogen and oxygen atoms in total. The van der Waals surface area contributed by atoms with Gasteiger partial charge >= 0.3 is 24.2 Å². The van der Waals surface area contributed by atoms with Gasteiger partial charge in [-0.25, -0.2) is 14.4 Å². The van der Waals surface area contributed by atoms with Crippen LogP contribution in [0.25, 0.3) is 11.1 Å². The number of carboxylic acid groups (broad SMARTS) is 2. The van der Waals surface area contributed by atoms with Crippen molar-refractivity contribution in [1.82, 2.24) is 5.32 Å². The number of carbonyl (C=O) groups is 3. The first-order valence-electron chi connectivity index (χ1n) is 8.90. The third-order valence-corrected chi connectivity index (χ3v) is 4.41. The maximum atomic E-state index is 11.8. The molecule has 0 aromatic heterocycles. The molecule has 1 aliphatic carbocycles. The first-order valence-corrected chi connectivity index (χ1v) is 8.90. The van der Waals surface area contributed by atoms with Gasteiger partial charge < -0.3 is 26.0 Å².